The lowest BCUT2D eigenvalue weighted by atomic mass is 9.96. The average molecular weight is 585 g/mol. The molecular weight excluding hydrogens is 551 g/mol. The Balaban J connectivity index is 1.58. The van der Waals surface area contributed by atoms with Crippen molar-refractivity contribution in [2.24, 2.45) is 0 Å². The summed E-state index contributed by atoms with van der Waals surface area (Å²) >= 11 is 0. The number of ether oxygens (including phenoxy) is 4. The van der Waals surface area contributed by atoms with Gasteiger partial charge in [0.05, 0.1) is 12.7 Å². The van der Waals surface area contributed by atoms with Crippen LogP contribution in [0, 0.1) is 5.82 Å². The highest BCUT2D eigenvalue weighted by molar-refractivity contribution is 5.91. The first-order valence-corrected chi connectivity index (χ1v) is 13.7. The Hall–Kier alpha value is -4.82. The summed E-state index contributed by atoms with van der Waals surface area (Å²) in [4.78, 5) is 36.0. The van der Waals surface area contributed by atoms with Gasteiger partial charge in [-0.05, 0) is 80.1 Å². The highest BCUT2D eigenvalue weighted by atomic mass is 19.1. The smallest absolute Gasteiger partial charge is 0.338 e. The van der Waals surface area contributed by atoms with E-state index in [4.69, 9.17) is 18.9 Å². The standard InChI is InChI=1S/C35H33FO7/c1-20(2)33(37)41-16-15-40-31-14-10-23-7-8-24(17-29(23)31)27-12-9-25(18-30(27)36)28-13-11-26(42-34(38)21(3)4)19-32(28)43-35(39)22(5)6/h7-9,11-13,17-19,31H,1,3,5,10,14-16H2,2,4,6H3. The third-order valence-corrected chi connectivity index (χ3v) is 6.81. The first kappa shape index (κ1) is 31.1. The molecular formula is C35H33FO7. The van der Waals surface area contributed by atoms with Crippen molar-refractivity contribution in [3.05, 3.63) is 108 Å². The monoisotopic (exact) mass is 584 g/mol. The second-order valence-electron chi connectivity index (χ2n) is 10.4. The minimum Gasteiger partial charge on any atom is -0.460 e. The molecule has 3 aromatic rings. The van der Waals surface area contributed by atoms with Crippen molar-refractivity contribution >= 4 is 17.9 Å². The van der Waals surface area contributed by atoms with Gasteiger partial charge in [0, 0.05) is 33.9 Å². The van der Waals surface area contributed by atoms with Gasteiger partial charge in [-0.15, -0.1) is 0 Å². The summed E-state index contributed by atoms with van der Waals surface area (Å²) in [6.45, 7) is 15.7. The highest BCUT2D eigenvalue weighted by Crippen LogP contribution is 2.39. The summed E-state index contributed by atoms with van der Waals surface area (Å²) in [6.07, 6.45) is 1.41. The van der Waals surface area contributed by atoms with E-state index >= 15 is 4.39 Å². The fraction of sp³-hybridized carbons (Fsp3) is 0.229. The van der Waals surface area contributed by atoms with E-state index in [1.165, 1.54) is 32.0 Å². The Bertz CT molecular complexity index is 1640. The van der Waals surface area contributed by atoms with Gasteiger partial charge < -0.3 is 18.9 Å². The number of hydrogen-bond donors (Lipinski definition) is 0. The number of esters is 3. The van der Waals surface area contributed by atoms with Gasteiger partial charge in [-0.3, -0.25) is 0 Å². The number of benzene rings is 3. The molecule has 0 bridgehead atoms. The molecule has 8 heteroatoms. The normalized spacial score (nSPS) is 13.5. The van der Waals surface area contributed by atoms with Crippen LogP contribution in [0.5, 0.6) is 11.5 Å². The molecule has 0 N–H and O–H groups in total. The van der Waals surface area contributed by atoms with Gasteiger partial charge in [0.15, 0.2) is 0 Å². The first-order chi connectivity index (χ1) is 20.4. The fourth-order valence-electron chi connectivity index (χ4n) is 4.54. The molecule has 0 aromatic heterocycles. The summed E-state index contributed by atoms with van der Waals surface area (Å²) < 4.78 is 37.5. The van der Waals surface area contributed by atoms with Crippen LogP contribution in [0.25, 0.3) is 22.3 Å². The summed E-state index contributed by atoms with van der Waals surface area (Å²) in [6, 6.07) is 15.0. The molecule has 0 radical (unpaired) electrons. The molecule has 0 saturated heterocycles. The Morgan fingerprint density at radius 2 is 1.40 bits per heavy atom. The van der Waals surface area contributed by atoms with Crippen molar-refractivity contribution in [1.29, 1.82) is 0 Å². The molecule has 3 aromatic carbocycles. The number of halogens is 1. The average Bonchev–Trinajstić information content (AvgIpc) is 3.37. The van der Waals surface area contributed by atoms with E-state index < -0.39 is 23.7 Å². The van der Waals surface area contributed by atoms with Crippen LogP contribution in [0.1, 0.15) is 44.4 Å². The van der Waals surface area contributed by atoms with E-state index in [2.05, 4.69) is 19.7 Å². The van der Waals surface area contributed by atoms with Gasteiger partial charge in [0.25, 0.3) is 0 Å². The van der Waals surface area contributed by atoms with Crippen LogP contribution in [0.4, 0.5) is 4.39 Å². The number of hydrogen-bond acceptors (Lipinski definition) is 7. The largest absolute Gasteiger partial charge is 0.460 e. The molecule has 0 spiro atoms. The molecule has 4 rings (SSSR count). The number of aryl methyl sites for hydroxylation is 1. The second kappa shape index (κ2) is 13.4. The van der Waals surface area contributed by atoms with Crippen molar-refractivity contribution in [3.63, 3.8) is 0 Å². The lowest BCUT2D eigenvalue weighted by molar-refractivity contribution is -0.141. The highest BCUT2D eigenvalue weighted by Gasteiger charge is 2.24. The molecule has 222 valence electrons. The lowest BCUT2D eigenvalue weighted by Crippen LogP contribution is -2.12. The van der Waals surface area contributed by atoms with Crippen LogP contribution in [0.15, 0.2) is 91.1 Å². The van der Waals surface area contributed by atoms with Gasteiger partial charge in [-0.25, -0.2) is 18.8 Å². The summed E-state index contributed by atoms with van der Waals surface area (Å²) in [5, 5.41) is 0. The maximum absolute atomic E-state index is 15.6. The molecule has 1 unspecified atom stereocenters. The van der Waals surface area contributed by atoms with Gasteiger partial charge in [0.2, 0.25) is 0 Å². The van der Waals surface area contributed by atoms with E-state index in [0.29, 0.717) is 27.8 Å². The predicted octanol–water partition coefficient (Wildman–Crippen LogP) is 7.25. The summed E-state index contributed by atoms with van der Waals surface area (Å²) in [7, 11) is 0. The molecule has 1 atom stereocenters. The predicted molar refractivity (Wildman–Crippen MR) is 161 cm³/mol. The van der Waals surface area contributed by atoms with Crippen LogP contribution in [0.3, 0.4) is 0 Å². The van der Waals surface area contributed by atoms with Crippen molar-refractivity contribution in [1.82, 2.24) is 0 Å². The van der Waals surface area contributed by atoms with Gasteiger partial charge in [0.1, 0.15) is 23.9 Å². The summed E-state index contributed by atoms with van der Waals surface area (Å²) in [5.41, 5.74) is 4.75. The third-order valence-electron chi connectivity index (χ3n) is 6.81. The van der Waals surface area contributed by atoms with Crippen LogP contribution < -0.4 is 9.47 Å². The topological polar surface area (TPSA) is 88.1 Å². The zero-order valence-electron chi connectivity index (χ0n) is 24.5. The zero-order valence-corrected chi connectivity index (χ0v) is 24.5. The maximum Gasteiger partial charge on any atom is 0.338 e. The minimum atomic E-state index is -0.675. The van der Waals surface area contributed by atoms with Crippen molar-refractivity contribution in [2.45, 2.75) is 39.7 Å². The van der Waals surface area contributed by atoms with Crippen molar-refractivity contribution in [2.75, 3.05) is 13.2 Å². The van der Waals surface area contributed by atoms with E-state index in [0.717, 1.165) is 24.0 Å². The van der Waals surface area contributed by atoms with Gasteiger partial charge in [-0.1, -0.05) is 44.0 Å². The zero-order chi connectivity index (χ0) is 31.3. The lowest BCUT2D eigenvalue weighted by Gasteiger charge is -2.16. The molecule has 43 heavy (non-hydrogen) atoms. The van der Waals surface area contributed by atoms with Crippen molar-refractivity contribution < 1.29 is 37.7 Å². The van der Waals surface area contributed by atoms with Gasteiger partial charge >= 0.3 is 17.9 Å². The van der Waals surface area contributed by atoms with Crippen LogP contribution in [-0.2, 0) is 30.3 Å². The van der Waals surface area contributed by atoms with E-state index in [1.807, 2.05) is 18.2 Å². The summed E-state index contributed by atoms with van der Waals surface area (Å²) in [5.74, 6) is -2.02. The Labute approximate surface area is 250 Å². The van der Waals surface area contributed by atoms with Crippen LogP contribution >= 0.6 is 0 Å². The molecule has 0 fully saturated rings. The minimum absolute atomic E-state index is 0.0821. The first-order valence-electron chi connectivity index (χ1n) is 13.7. The van der Waals surface area contributed by atoms with E-state index in [-0.39, 0.29) is 42.0 Å². The second-order valence-corrected chi connectivity index (χ2v) is 10.4. The maximum atomic E-state index is 15.6. The quantitative estimate of drug-likeness (QED) is 0.102. The molecule has 1 aliphatic rings. The number of rotatable bonds is 11. The molecule has 0 saturated carbocycles. The molecule has 1 aliphatic carbocycles. The third kappa shape index (κ3) is 7.53. The van der Waals surface area contributed by atoms with Crippen LogP contribution in [-0.4, -0.2) is 31.1 Å². The Kier molecular flexibility index (Phi) is 9.73. The van der Waals surface area contributed by atoms with Crippen molar-refractivity contribution in [3.8, 4) is 33.8 Å². The number of fused-ring (bicyclic) bond motifs is 1. The number of carbonyl (C=O) groups excluding carboxylic acids is 3. The molecule has 0 aliphatic heterocycles. The van der Waals surface area contributed by atoms with Gasteiger partial charge in [-0.2, -0.15) is 0 Å². The van der Waals surface area contributed by atoms with Crippen LogP contribution in [0.2, 0.25) is 0 Å². The Morgan fingerprint density at radius 1 is 0.767 bits per heavy atom. The molecule has 7 nitrogen and oxygen atoms in total. The Morgan fingerprint density at radius 3 is 2.07 bits per heavy atom. The fourth-order valence-corrected chi connectivity index (χ4v) is 4.54. The SMILES string of the molecule is C=C(C)C(=O)OCCOC1CCc2ccc(-c3ccc(-c4ccc(OC(=O)C(=C)C)cc4OC(=O)C(=C)C)cc3F)cc21. The molecule has 0 amide bonds. The molecule has 0 heterocycles. The number of carbonyl (C=O) groups is 3. The van der Waals surface area contributed by atoms with E-state index in [9.17, 15) is 14.4 Å². The van der Waals surface area contributed by atoms with E-state index in [1.54, 1.807) is 25.1 Å².